The Morgan fingerprint density at radius 1 is 1.14 bits per heavy atom. The number of aryl methyl sites for hydroxylation is 1. The molecular formula is C18H29NO2. The largest absolute Gasteiger partial charge is 0.395 e. The van der Waals surface area contributed by atoms with Crippen LogP contribution in [0.25, 0.3) is 6.08 Å². The summed E-state index contributed by atoms with van der Waals surface area (Å²) in [5.74, 6) is 0. The Balaban J connectivity index is 2.52. The van der Waals surface area contributed by atoms with Gasteiger partial charge in [0.15, 0.2) is 0 Å². The lowest BCUT2D eigenvalue weighted by Gasteiger charge is -2.18. The number of nitrogens with one attached hydrogen (secondary N) is 1. The van der Waals surface area contributed by atoms with Crippen LogP contribution in [0.2, 0.25) is 0 Å². The van der Waals surface area contributed by atoms with Crippen LogP contribution in [0, 0.1) is 0 Å². The summed E-state index contributed by atoms with van der Waals surface area (Å²) >= 11 is 0. The Morgan fingerprint density at radius 3 is 2.43 bits per heavy atom. The van der Waals surface area contributed by atoms with Gasteiger partial charge >= 0.3 is 0 Å². The first kappa shape index (κ1) is 17.9. The van der Waals surface area contributed by atoms with Gasteiger partial charge in [0.25, 0.3) is 0 Å². The summed E-state index contributed by atoms with van der Waals surface area (Å²) in [7, 11) is 0. The highest BCUT2D eigenvalue weighted by atomic mass is 16.3. The minimum Gasteiger partial charge on any atom is -0.395 e. The van der Waals surface area contributed by atoms with Crippen LogP contribution in [0.4, 0.5) is 0 Å². The van der Waals surface area contributed by atoms with Crippen LogP contribution >= 0.6 is 0 Å². The van der Waals surface area contributed by atoms with Gasteiger partial charge in [0.05, 0.1) is 18.8 Å². The third-order valence-electron chi connectivity index (χ3n) is 3.61. The number of benzene rings is 1. The molecule has 118 valence electrons. The van der Waals surface area contributed by atoms with Crippen molar-refractivity contribution in [1.29, 1.82) is 0 Å². The smallest absolute Gasteiger partial charge is 0.0899 e. The molecule has 21 heavy (non-hydrogen) atoms. The minimum absolute atomic E-state index is 0.0737. The molecule has 1 rings (SSSR count). The molecule has 0 aliphatic heterocycles. The molecule has 3 N–H and O–H groups in total. The van der Waals surface area contributed by atoms with Crippen molar-refractivity contribution >= 4 is 6.08 Å². The molecule has 0 bridgehead atoms. The third-order valence-corrected chi connectivity index (χ3v) is 3.61. The topological polar surface area (TPSA) is 52.5 Å². The first-order valence-electron chi connectivity index (χ1n) is 8.00. The van der Waals surface area contributed by atoms with E-state index in [4.69, 9.17) is 0 Å². The molecule has 0 aliphatic carbocycles. The molecule has 0 saturated carbocycles. The lowest BCUT2D eigenvalue weighted by Crippen LogP contribution is -2.41. The zero-order valence-electron chi connectivity index (χ0n) is 13.3. The molecule has 0 amide bonds. The highest BCUT2D eigenvalue weighted by molar-refractivity contribution is 5.50. The monoisotopic (exact) mass is 291 g/mol. The maximum absolute atomic E-state index is 9.99. The van der Waals surface area contributed by atoms with Gasteiger partial charge in [-0.25, -0.2) is 0 Å². The van der Waals surface area contributed by atoms with Gasteiger partial charge in [-0.2, -0.15) is 0 Å². The molecule has 0 fully saturated rings. The summed E-state index contributed by atoms with van der Waals surface area (Å²) in [5.41, 5.74) is 2.43. The van der Waals surface area contributed by atoms with E-state index < -0.39 is 6.10 Å². The van der Waals surface area contributed by atoms with Crippen molar-refractivity contribution < 1.29 is 10.2 Å². The fourth-order valence-corrected chi connectivity index (χ4v) is 2.27. The van der Waals surface area contributed by atoms with E-state index in [-0.39, 0.29) is 12.6 Å². The quantitative estimate of drug-likeness (QED) is 0.581. The average molecular weight is 291 g/mol. The van der Waals surface area contributed by atoms with Crippen LogP contribution in [-0.4, -0.2) is 35.5 Å². The maximum Gasteiger partial charge on any atom is 0.0899 e. The van der Waals surface area contributed by atoms with Crippen molar-refractivity contribution in [2.45, 2.75) is 51.7 Å². The van der Waals surface area contributed by atoms with E-state index in [2.05, 4.69) is 36.5 Å². The molecule has 0 saturated heterocycles. The van der Waals surface area contributed by atoms with Crippen molar-refractivity contribution in [2.75, 3.05) is 13.2 Å². The van der Waals surface area contributed by atoms with E-state index in [9.17, 15) is 10.2 Å². The van der Waals surface area contributed by atoms with Crippen LogP contribution in [0.3, 0.4) is 0 Å². The standard InChI is InChI=1S/C18H29NO2/c1-3-5-6-7-15-8-10-16(11-9-15)12-13-18(21)17(14-20)19-4-2/h8-13,17-21H,3-7,14H2,1-2H3. The van der Waals surface area contributed by atoms with Gasteiger partial charge in [0.2, 0.25) is 0 Å². The number of rotatable bonds is 10. The van der Waals surface area contributed by atoms with Gasteiger partial charge in [-0.1, -0.05) is 63.1 Å². The van der Waals surface area contributed by atoms with Gasteiger partial charge in [0.1, 0.15) is 0 Å². The summed E-state index contributed by atoms with van der Waals surface area (Å²) in [4.78, 5) is 0. The Bertz CT molecular complexity index is 400. The summed E-state index contributed by atoms with van der Waals surface area (Å²) in [5, 5.41) is 22.3. The van der Waals surface area contributed by atoms with Crippen LogP contribution in [0.5, 0.6) is 0 Å². The molecule has 0 aromatic heterocycles. The first-order valence-corrected chi connectivity index (χ1v) is 8.00. The maximum atomic E-state index is 9.99. The van der Waals surface area contributed by atoms with Crippen LogP contribution in [0.15, 0.2) is 30.3 Å². The molecule has 3 nitrogen and oxygen atoms in total. The van der Waals surface area contributed by atoms with E-state index in [1.165, 1.54) is 24.8 Å². The second-order valence-corrected chi connectivity index (χ2v) is 5.40. The fourth-order valence-electron chi connectivity index (χ4n) is 2.27. The van der Waals surface area contributed by atoms with Crippen molar-refractivity contribution in [3.05, 3.63) is 41.5 Å². The van der Waals surface area contributed by atoms with E-state index >= 15 is 0 Å². The van der Waals surface area contributed by atoms with E-state index in [1.807, 2.05) is 13.0 Å². The Hall–Kier alpha value is -1.16. The van der Waals surface area contributed by atoms with Crippen molar-refractivity contribution in [3.63, 3.8) is 0 Å². The Morgan fingerprint density at radius 2 is 1.86 bits per heavy atom. The molecule has 3 heteroatoms. The molecule has 1 aromatic carbocycles. The Labute approximate surface area is 128 Å². The zero-order valence-corrected chi connectivity index (χ0v) is 13.3. The molecule has 0 aliphatic rings. The van der Waals surface area contributed by atoms with Crippen LogP contribution < -0.4 is 5.32 Å². The number of likely N-dealkylation sites (N-methyl/N-ethyl adjacent to an activating group) is 1. The van der Waals surface area contributed by atoms with Crippen molar-refractivity contribution in [1.82, 2.24) is 5.32 Å². The summed E-state index contributed by atoms with van der Waals surface area (Å²) in [6.07, 6.45) is 7.85. The number of hydrogen-bond donors (Lipinski definition) is 3. The normalized spacial score (nSPS) is 14.5. The van der Waals surface area contributed by atoms with E-state index in [0.717, 1.165) is 18.5 Å². The second-order valence-electron chi connectivity index (χ2n) is 5.40. The summed E-state index contributed by atoms with van der Waals surface area (Å²) < 4.78 is 0. The molecule has 0 heterocycles. The number of aliphatic hydroxyl groups is 2. The lowest BCUT2D eigenvalue weighted by molar-refractivity contribution is 0.125. The van der Waals surface area contributed by atoms with Gasteiger partial charge in [-0.05, 0) is 30.5 Å². The zero-order chi connectivity index (χ0) is 15.5. The van der Waals surface area contributed by atoms with E-state index in [1.54, 1.807) is 6.08 Å². The fraction of sp³-hybridized carbons (Fsp3) is 0.556. The predicted octanol–water partition coefficient (Wildman–Crippen LogP) is 2.76. The van der Waals surface area contributed by atoms with Crippen molar-refractivity contribution in [3.8, 4) is 0 Å². The molecule has 2 atom stereocenters. The molecule has 1 aromatic rings. The van der Waals surface area contributed by atoms with Gasteiger partial charge < -0.3 is 15.5 Å². The first-order chi connectivity index (χ1) is 10.2. The summed E-state index contributed by atoms with van der Waals surface area (Å²) in [6, 6.07) is 8.14. The number of aliphatic hydroxyl groups excluding tert-OH is 2. The second kappa shape index (κ2) is 10.6. The van der Waals surface area contributed by atoms with E-state index in [0.29, 0.717) is 0 Å². The SMILES string of the molecule is CCCCCc1ccc(C=CC(O)C(CO)NCC)cc1. The third kappa shape index (κ3) is 6.89. The van der Waals surface area contributed by atoms with Crippen LogP contribution in [0.1, 0.15) is 44.2 Å². The highest BCUT2D eigenvalue weighted by Crippen LogP contribution is 2.10. The van der Waals surface area contributed by atoms with Crippen LogP contribution in [-0.2, 0) is 6.42 Å². The predicted molar refractivity (Wildman–Crippen MR) is 89.3 cm³/mol. The Kier molecular flexibility index (Phi) is 8.99. The van der Waals surface area contributed by atoms with Gasteiger partial charge in [-0.15, -0.1) is 0 Å². The molecular weight excluding hydrogens is 262 g/mol. The minimum atomic E-state index is -0.681. The van der Waals surface area contributed by atoms with Crippen molar-refractivity contribution in [2.24, 2.45) is 0 Å². The summed E-state index contributed by atoms with van der Waals surface area (Å²) in [6.45, 7) is 4.82. The number of hydrogen-bond acceptors (Lipinski definition) is 3. The lowest BCUT2D eigenvalue weighted by atomic mass is 10.0. The average Bonchev–Trinajstić information content (AvgIpc) is 2.51. The number of unbranched alkanes of at least 4 members (excludes halogenated alkanes) is 2. The highest BCUT2D eigenvalue weighted by Gasteiger charge is 2.13. The van der Waals surface area contributed by atoms with Gasteiger partial charge in [-0.3, -0.25) is 0 Å². The van der Waals surface area contributed by atoms with Gasteiger partial charge in [0, 0.05) is 0 Å². The molecule has 0 radical (unpaired) electrons. The molecule has 2 unspecified atom stereocenters. The molecule has 0 spiro atoms.